The van der Waals surface area contributed by atoms with Crippen molar-refractivity contribution in [3.05, 3.63) is 60.2 Å². The number of ether oxygens (including phenoxy) is 1. The fraction of sp³-hybridized carbons (Fsp3) is 0.348. The summed E-state index contributed by atoms with van der Waals surface area (Å²) in [5.41, 5.74) is 1.57. The largest absolute Gasteiger partial charge is 0.379 e. The van der Waals surface area contributed by atoms with Crippen LogP contribution in [0.4, 0.5) is 10.1 Å². The molecule has 4 rings (SSSR count). The molecular weight excluding hydrogens is 415 g/mol. The second kappa shape index (κ2) is 10.2. The van der Waals surface area contributed by atoms with Gasteiger partial charge in [-0.05, 0) is 37.3 Å². The topological polar surface area (TPSA) is 58.6 Å². The third-order valence-electron chi connectivity index (χ3n) is 5.17. The van der Waals surface area contributed by atoms with Crippen LogP contribution >= 0.6 is 11.8 Å². The van der Waals surface area contributed by atoms with Crippen LogP contribution in [0.2, 0.25) is 0 Å². The van der Waals surface area contributed by atoms with Crippen molar-refractivity contribution in [1.82, 2.24) is 14.9 Å². The number of aromatic nitrogens is 2. The number of hydrogen-bond acceptors (Lipinski definition) is 6. The lowest BCUT2D eigenvalue weighted by molar-refractivity contribution is -0.116. The van der Waals surface area contributed by atoms with Crippen LogP contribution in [0.1, 0.15) is 12.7 Å². The molecule has 1 fully saturated rings. The molecule has 0 bridgehead atoms. The highest BCUT2D eigenvalue weighted by Crippen LogP contribution is 2.27. The van der Waals surface area contributed by atoms with Gasteiger partial charge in [-0.25, -0.2) is 14.4 Å². The maximum absolute atomic E-state index is 13.2. The number of benzene rings is 2. The number of para-hydroxylation sites is 1. The highest BCUT2D eigenvalue weighted by molar-refractivity contribution is 8.00. The van der Waals surface area contributed by atoms with Crippen molar-refractivity contribution in [3.8, 4) is 0 Å². The first-order valence-corrected chi connectivity index (χ1v) is 11.4. The van der Waals surface area contributed by atoms with Gasteiger partial charge in [-0.1, -0.05) is 30.0 Å². The Morgan fingerprint density at radius 1 is 1.13 bits per heavy atom. The Labute approximate surface area is 185 Å². The van der Waals surface area contributed by atoms with Crippen LogP contribution < -0.4 is 4.90 Å². The third-order valence-corrected chi connectivity index (χ3v) is 6.15. The highest BCUT2D eigenvalue weighted by Gasteiger charge is 2.18. The second-order valence-corrected chi connectivity index (χ2v) is 8.22. The number of fused-ring (bicyclic) bond motifs is 1. The summed E-state index contributed by atoms with van der Waals surface area (Å²) in [6.45, 7) is 6.25. The van der Waals surface area contributed by atoms with Gasteiger partial charge in [0.25, 0.3) is 0 Å². The zero-order valence-corrected chi connectivity index (χ0v) is 18.3. The minimum atomic E-state index is -0.318. The highest BCUT2D eigenvalue weighted by atomic mass is 32.2. The predicted octanol–water partition coefficient (Wildman–Crippen LogP) is 3.75. The van der Waals surface area contributed by atoms with Crippen molar-refractivity contribution < 1.29 is 13.9 Å². The van der Waals surface area contributed by atoms with Gasteiger partial charge in [-0.15, -0.1) is 0 Å². The van der Waals surface area contributed by atoms with Gasteiger partial charge in [0.1, 0.15) is 16.7 Å². The Morgan fingerprint density at radius 3 is 2.61 bits per heavy atom. The summed E-state index contributed by atoms with van der Waals surface area (Å²) in [4.78, 5) is 26.4. The van der Waals surface area contributed by atoms with Gasteiger partial charge < -0.3 is 9.64 Å². The summed E-state index contributed by atoms with van der Waals surface area (Å²) >= 11 is 1.42. The normalized spacial score (nSPS) is 14.6. The van der Waals surface area contributed by atoms with Crippen LogP contribution in [-0.2, 0) is 16.1 Å². The zero-order valence-electron chi connectivity index (χ0n) is 17.5. The van der Waals surface area contributed by atoms with Crippen molar-refractivity contribution in [2.75, 3.05) is 43.5 Å². The number of morpholine rings is 1. The summed E-state index contributed by atoms with van der Waals surface area (Å²) in [6.07, 6.45) is 0. The fourth-order valence-corrected chi connectivity index (χ4v) is 4.48. The summed E-state index contributed by atoms with van der Waals surface area (Å²) in [6, 6.07) is 13.9. The number of carbonyl (C=O) groups excluding carboxylic acids is 1. The molecule has 6 nitrogen and oxygen atoms in total. The molecule has 162 valence electrons. The molecule has 2 aromatic carbocycles. The minimum Gasteiger partial charge on any atom is -0.379 e. The number of anilines is 1. The molecule has 3 aromatic rings. The summed E-state index contributed by atoms with van der Waals surface area (Å²) in [7, 11) is 0. The Morgan fingerprint density at radius 2 is 1.87 bits per heavy atom. The van der Waals surface area contributed by atoms with E-state index in [1.54, 1.807) is 17.0 Å². The van der Waals surface area contributed by atoms with Crippen LogP contribution in [0.15, 0.2) is 53.6 Å². The van der Waals surface area contributed by atoms with Gasteiger partial charge in [-0.3, -0.25) is 9.69 Å². The number of rotatable bonds is 7. The van der Waals surface area contributed by atoms with E-state index in [4.69, 9.17) is 14.7 Å². The number of halogens is 1. The maximum atomic E-state index is 13.2. The van der Waals surface area contributed by atoms with Crippen LogP contribution in [-0.4, -0.2) is 59.4 Å². The second-order valence-electron chi connectivity index (χ2n) is 7.25. The van der Waals surface area contributed by atoms with Crippen molar-refractivity contribution in [1.29, 1.82) is 0 Å². The average Bonchev–Trinajstić information content (AvgIpc) is 2.80. The molecule has 0 atom stereocenters. The Bertz CT molecular complexity index is 1040. The van der Waals surface area contributed by atoms with E-state index in [0.717, 1.165) is 48.1 Å². The van der Waals surface area contributed by atoms with Crippen LogP contribution in [0.25, 0.3) is 10.9 Å². The molecule has 1 aliphatic heterocycles. The summed E-state index contributed by atoms with van der Waals surface area (Å²) in [5.74, 6) is 0.628. The smallest absolute Gasteiger partial charge is 0.237 e. The molecule has 2 heterocycles. The Kier molecular flexibility index (Phi) is 7.11. The first-order chi connectivity index (χ1) is 15.1. The molecule has 0 unspecified atom stereocenters. The van der Waals surface area contributed by atoms with Crippen molar-refractivity contribution >= 4 is 34.3 Å². The zero-order chi connectivity index (χ0) is 21.6. The number of thioether (sulfide) groups is 1. The van der Waals surface area contributed by atoms with Crippen molar-refractivity contribution in [2.24, 2.45) is 0 Å². The fourth-order valence-electron chi connectivity index (χ4n) is 3.57. The molecule has 0 spiro atoms. The number of amides is 1. The van der Waals surface area contributed by atoms with Crippen LogP contribution in [0, 0.1) is 5.82 Å². The van der Waals surface area contributed by atoms with Crippen molar-refractivity contribution in [2.45, 2.75) is 18.5 Å². The lowest BCUT2D eigenvalue weighted by Gasteiger charge is -2.26. The van der Waals surface area contributed by atoms with Gasteiger partial charge in [0.05, 0.1) is 31.0 Å². The number of nitrogens with zero attached hydrogens (tertiary/aromatic N) is 4. The van der Waals surface area contributed by atoms with E-state index in [0.29, 0.717) is 18.8 Å². The molecular formula is C23H25FN4O2S. The molecule has 1 aliphatic rings. The van der Waals surface area contributed by atoms with Gasteiger partial charge in [0.15, 0.2) is 0 Å². The van der Waals surface area contributed by atoms with Crippen LogP contribution in [0.5, 0.6) is 0 Å². The van der Waals surface area contributed by atoms with E-state index < -0.39 is 0 Å². The van der Waals surface area contributed by atoms with Crippen molar-refractivity contribution in [3.63, 3.8) is 0 Å². The maximum Gasteiger partial charge on any atom is 0.237 e. The molecule has 0 N–H and O–H groups in total. The SMILES string of the molecule is CCN(C(=O)CSc1nc(CN2CCOCC2)nc2ccccc12)c1ccc(F)cc1. The summed E-state index contributed by atoms with van der Waals surface area (Å²) in [5, 5.41) is 1.74. The predicted molar refractivity (Wildman–Crippen MR) is 121 cm³/mol. The standard InChI is InChI=1S/C23H25FN4O2S/c1-2-28(18-9-7-17(24)8-10-18)22(29)16-31-23-19-5-3-4-6-20(19)25-21(26-23)15-27-11-13-30-14-12-27/h3-10H,2,11-16H2,1H3. The molecule has 31 heavy (non-hydrogen) atoms. The van der Waals surface area contributed by atoms with E-state index >= 15 is 0 Å². The van der Waals surface area contributed by atoms with Crippen LogP contribution in [0.3, 0.4) is 0 Å². The van der Waals surface area contributed by atoms with Gasteiger partial charge in [-0.2, -0.15) is 0 Å². The van der Waals surface area contributed by atoms with E-state index in [2.05, 4.69) is 4.90 Å². The molecule has 1 aromatic heterocycles. The number of carbonyl (C=O) groups is 1. The molecule has 0 aliphatic carbocycles. The molecule has 8 heteroatoms. The molecule has 0 saturated carbocycles. The Balaban J connectivity index is 1.52. The minimum absolute atomic E-state index is 0.0449. The van der Waals surface area contributed by atoms with E-state index in [1.807, 2.05) is 31.2 Å². The van der Waals surface area contributed by atoms with Gasteiger partial charge in [0, 0.05) is 30.7 Å². The van der Waals surface area contributed by atoms with Gasteiger partial charge in [0.2, 0.25) is 5.91 Å². The first kappa shape index (κ1) is 21.7. The number of hydrogen-bond donors (Lipinski definition) is 0. The van der Waals surface area contributed by atoms with E-state index in [-0.39, 0.29) is 17.5 Å². The van der Waals surface area contributed by atoms with E-state index in [1.165, 1.54) is 23.9 Å². The lowest BCUT2D eigenvalue weighted by atomic mass is 10.2. The monoisotopic (exact) mass is 440 g/mol. The summed E-state index contributed by atoms with van der Waals surface area (Å²) < 4.78 is 18.7. The average molecular weight is 441 g/mol. The lowest BCUT2D eigenvalue weighted by Crippen LogP contribution is -2.36. The third kappa shape index (κ3) is 5.39. The molecule has 1 saturated heterocycles. The van der Waals surface area contributed by atoms with E-state index in [9.17, 15) is 9.18 Å². The Hall–Kier alpha value is -2.55. The first-order valence-electron chi connectivity index (χ1n) is 10.4. The quantitative estimate of drug-likeness (QED) is 0.412. The molecule has 1 amide bonds. The molecule has 0 radical (unpaired) electrons. The van der Waals surface area contributed by atoms with Gasteiger partial charge >= 0.3 is 0 Å².